The van der Waals surface area contributed by atoms with E-state index in [1.807, 2.05) is 0 Å². The summed E-state index contributed by atoms with van der Waals surface area (Å²) in [5.74, 6) is -2.55. The zero-order valence-corrected chi connectivity index (χ0v) is 8.61. The van der Waals surface area contributed by atoms with Crippen LogP contribution in [0.25, 0.3) is 0 Å². The van der Waals surface area contributed by atoms with Gasteiger partial charge in [0.15, 0.2) is 0 Å². The smallest absolute Gasteiger partial charge is 0.382 e. The molecule has 1 atom stereocenters. The second-order valence-electron chi connectivity index (χ2n) is 3.11. The van der Waals surface area contributed by atoms with Crippen molar-refractivity contribution in [2.24, 2.45) is 0 Å². The van der Waals surface area contributed by atoms with Gasteiger partial charge < -0.3 is 9.84 Å². The normalized spacial score (nSPS) is 11.5. The van der Waals surface area contributed by atoms with Crippen molar-refractivity contribution in [2.75, 3.05) is 0 Å². The SMILES string of the molecule is O=C(O)CC(=O)OC(c1ccccc1)[N+](=O)[O-]. The molecule has 0 aliphatic carbocycles. The van der Waals surface area contributed by atoms with Gasteiger partial charge >= 0.3 is 18.2 Å². The minimum Gasteiger partial charge on any atom is -0.481 e. The topological polar surface area (TPSA) is 107 Å². The number of carboxylic acids is 1. The van der Waals surface area contributed by atoms with Crippen LogP contribution in [0.5, 0.6) is 0 Å². The van der Waals surface area contributed by atoms with Gasteiger partial charge in [0.05, 0.1) is 10.5 Å². The molecule has 0 radical (unpaired) electrons. The summed E-state index contributed by atoms with van der Waals surface area (Å²) in [6, 6.07) is 7.59. The Balaban J connectivity index is 2.78. The number of nitro groups is 1. The van der Waals surface area contributed by atoms with Crippen molar-refractivity contribution in [3.63, 3.8) is 0 Å². The number of hydrogen-bond acceptors (Lipinski definition) is 5. The highest BCUT2D eigenvalue weighted by molar-refractivity contribution is 5.90. The quantitative estimate of drug-likeness (QED) is 0.270. The van der Waals surface area contributed by atoms with Crippen LogP contribution < -0.4 is 0 Å². The van der Waals surface area contributed by atoms with E-state index >= 15 is 0 Å². The van der Waals surface area contributed by atoms with Crippen molar-refractivity contribution >= 4 is 11.9 Å². The van der Waals surface area contributed by atoms with E-state index in [0.29, 0.717) is 0 Å². The van der Waals surface area contributed by atoms with Crippen LogP contribution in [0.1, 0.15) is 18.2 Å². The molecule has 0 spiro atoms. The Morgan fingerprint density at radius 3 is 2.41 bits per heavy atom. The largest absolute Gasteiger partial charge is 0.481 e. The third-order valence-corrected chi connectivity index (χ3v) is 1.81. The van der Waals surface area contributed by atoms with Crippen LogP contribution in [-0.4, -0.2) is 22.0 Å². The van der Waals surface area contributed by atoms with E-state index in [-0.39, 0.29) is 5.56 Å². The molecule has 0 saturated heterocycles. The Labute approximate surface area is 95.8 Å². The molecule has 17 heavy (non-hydrogen) atoms. The second-order valence-corrected chi connectivity index (χ2v) is 3.11. The molecule has 0 aliphatic rings. The van der Waals surface area contributed by atoms with Gasteiger partial charge in [-0.25, -0.2) is 0 Å². The van der Waals surface area contributed by atoms with Crippen molar-refractivity contribution < 1.29 is 24.4 Å². The summed E-state index contributed by atoms with van der Waals surface area (Å²) in [5, 5.41) is 19.0. The van der Waals surface area contributed by atoms with Crippen LogP contribution in [0.3, 0.4) is 0 Å². The summed E-state index contributed by atoms with van der Waals surface area (Å²) >= 11 is 0. The van der Waals surface area contributed by atoms with Gasteiger partial charge in [-0.1, -0.05) is 18.2 Å². The third kappa shape index (κ3) is 3.90. The lowest BCUT2D eigenvalue weighted by atomic mass is 10.2. The summed E-state index contributed by atoms with van der Waals surface area (Å²) in [6.45, 7) is 0. The minimum atomic E-state index is -1.68. The molecule has 0 aromatic heterocycles. The Morgan fingerprint density at radius 1 is 1.35 bits per heavy atom. The molecule has 1 aromatic rings. The molecule has 7 nitrogen and oxygen atoms in total. The van der Waals surface area contributed by atoms with E-state index in [0.717, 1.165) is 0 Å². The highest BCUT2D eigenvalue weighted by atomic mass is 16.7. The molecule has 0 bridgehead atoms. The van der Waals surface area contributed by atoms with Crippen LogP contribution in [-0.2, 0) is 14.3 Å². The highest BCUT2D eigenvalue weighted by Gasteiger charge is 2.27. The van der Waals surface area contributed by atoms with Crippen LogP contribution in [0.15, 0.2) is 30.3 Å². The first-order valence-corrected chi connectivity index (χ1v) is 4.60. The summed E-state index contributed by atoms with van der Waals surface area (Å²) < 4.78 is 4.49. The first kappa shape index (κ1) is 12.6. The summed E-state index contributed by atoms with van der Waals surface area (Å²) in [5.41, 5.74) is 0.177. The molecular formula is C10H9NO6. The Bertz CT molecular complexity index is 430. The first-order valence-electron chi connectivity index (χ1n) is 4.60. The summed E-state index contributed by atoms with van der Waals surface area (Å²) in [4.78, 5) is 31.2. The molecule has 1 aromatic carbocycles. The van der Waals surface area contributed by atoms with E-state index in [9.17, 15) is 19.7 Å². The molecule has 1 N–H and O–H groups in total. The number of rotatable bonds is 5. The number of carbonyl (C=O) groups excluding carboxylic acids is 1. The number of carbonyl (C=O) groups is 2. The maximum absolute atomic E-state index is 11.0. The number of hydrogen-bond donors (Lipinski definition) is 1. The molecule has 0 amide bonds. The summed E-state index contributed by atoms with van der Waals surface area (Å²) in [7, 11) is 0. The minimum absolute atomic E-state index is 0.177. The lowest BCUT2D eigenvalue weighted by molar-refractivity contribution is -0.575. The average molecular weight is 239 g/mol. The van der Waals surface area contributed by atoms with Gasteiger partial charge in [0, 0.05) is 0 Å². The van der Waals surface area contributed by atoms with E-state index in [4.69, 9.17) is 5.11 Å². The number of benzene rings is 1. The monoisotopic (exact) mass is 239 g/mol. The molecule has 90 valence electrons. The van der Waals surface area contributed by atoms with Crippen molar-refractivity contribution in [1.82, 2.24) is 0 Å². The molecule has 0 heterocycles. The molecule has 1 rings (SSSR count). The predicted molar refractivity (Wildman–Crippen MR) is 54.5 cm³/mol. The van der Waals surface area contributed by atoms with Crippen molar-refractivity contribution in [2.45, 2.75) is 12.6 Å². The zero-order chi connectivity index (χ0) is 12.8. The maximum Gasteiger partial charge on any atom is 0.382 e. The lowest BCUT2D eigenvalue weighted by Crippen LogP contribution is -2.20. The number of carboxylic acid groups (broad SMARTS) is 1. The van der Waals surface area contributed by atoms with Crippen LogP contribution in [0.4, 0.5) is 0 Å². The van der Waals surface area contributed by atoms with Gasteiger partial charge in [-0.2, -0.15) is 0 Å². The first-order chi connectivity index (χ1) is 8.00. The number of nitrogens with zero attached hydrogens (tertiary/aromatic N) is 1. The van der Waals surface area contributed by atoms with E-state index < -0.39 is 29.5 Å². The average Bonchev–Trinajstić information content (AvgIpc) is 2.25. The van der Waals surface area contributed by atoms with Gasteiger partial charge in [0.25, 0.3) is 0 Å². The number of esters is 1. The van der Waals surface area contributed by atoms with Crippen molar-refractivity contribution in [1.29, 1.82) is 0 Å². The van der Waals surface area contributed by atoms with Crippen molar-refractivity contribution in [3.05, 3.63) is 46.0 Å². The fourth-order valence-corrected chi connectivity index (χ4v) is 1.14. The second kappa shape index (κ2) is 5.59. The fraction of sp³-hybridized carbons (Fsp3) is 0.200. The lowest BCUT2D eigenvalue weighted by Gasteiger charge is -2.09. The Morgan fingerprint density at radius 2 is 1.94 bits per heavy atom. The fourth-order valence-electron chi connectivity index (χ4n) is 1.14. The molecular weight excluding hydrogens is 230 g/mol. The molecule has 0 saturated carbocycles. The highest BCUT2D eigenvalue weighted by Crippen LogP contribution is 2.18. The van der Waals surface area contributed by atoms with Gasteiger partial charge in [-0.3, -0.25) is 19.7 Å². The standard InChI is InChI=1S/C10H9NO6/c12-8(13)6-9(14)17-10(11(15)16)7-4-2-1-3-5-7/h1-5,10H,6H2,(H,12,13). The van der Waals surface area contributed by atoms with Gasteiger partial charge in [0.1, 0.15) is 6.42 Å². The van der Waals surface area contributed by atoms with Gasteiger partial charge in [-0.15, -0.1) is 0 Å². The third-order valence-electron chi connectivity index (χ3n) is 1.81. The Kier molecular flexibility index (Phi) is 4.15. The van der Waals surface area contributed by atoms with Crippen molar-refractivity contribution in [3.8, 4) is 0 Å². The summed E-state index contributed by atoms with van der Waals surface area (Å²) in [6.07, 6.45) is -2.58. The van der Waals surface area contributed by atoms with E-state index in [1.54, 1.807) is 18.2 Å². The van der Waals surface area contributed by atoms with Gasteiger partial charge in [-0.05, 0) is 12.1 Å². The van der Waals surface area contributed by atoms with E-state index in [1.165, 1.54) is 12.1 Å². The van der Waals surface area contributed by atoms with Crippen LogP contribution in [0.2, 0.25) is 0 Å². The predicted octanol–water partition coefficient (Wildman–Crippen LogP) is 0.980. The van der Waals surface area contributed by atoms with E-state index in [2.05, 4.69) is 4.74 Å². The molecule has 7 heteroatoms. The maximum atomic E-state index is 11.0. The van der Waals surface area contributed by atoms with Gasteiger partial charge in [0.2, 0.25) is 0 Å². The molecule has 0 fully saturated rings. The Hall–Kier alpha value is -2.44. The van der Waals surface area contributed by atoms with Crippen LogP contribution >= 0.6 is 0 Å². The number of ether oxygens (including phenoxy) is 1. The molecule has 1 unspecified atom stereocenters. The molecule has 0 aliphatic heterocycles. The zero-order valence-electron chi connectivity index (χ0n) is 8.61. The van der Waals surface area contributed by atoms with Crippen LogP contribution in [0, 0.1) is 10.1 Å². The number of aliphatic carboxylic acids is 1.